The minimum absolute atomic E-state index is 0.445. The summed E-state index contributed by atoms with van der Waals surface area (Å²) >= 11 is 0. The number of rotatable bonds is 1. The number of fused-ring (bicyclic) bond motifs is 1. The van der Waals surface area contributed by atoms with Gasteiger partial charge in [-0.25, -0.2) is 22.0 Å². The maximum atomic E-state index is 13.7. The third-order valence-corrected chi connectivity index (χ3v) is 3.65. The van der Waals surface area contributed by atoms with Crippen molar-refractivity contribution in [1.82, 2.24) is 0 Å². The van der Waals surface area contributed by atoms with E-state index in [1.54, 1.807) is 24.3 Å². The van der Waals surface area contributed by atoms with E-state index in [-0.39, 0.29) is 0 Å². The Kier molecular flexibility index (Phi) is 4.43. The van der Waals surface area contributed by atoms with Gasteiger partial charge in [0, 0.05) is 5.56 Å². The lowest BCUT2D eigenvalue weighted by Gasteiger charge is -2.09. The lowest BCUT2D eigenvalue weighted by molar-refractivity contribution is 0.219. The molecule has 1 nitrogen and oxygen atoms in total. The summed E-state index contributed by atoms with van der Waals surface area (Å²) in [6.45, 7) is 0. The van der Waals surface area contributed by atoms with Crippen molar-refractivity contribution >= 4 is 10.8 Å². The molecule has 6 heteroatoms. The number of benzene rings is 3. The van der Waals surface area contributed by atoms with Gasteiger partial charge in [-0.2, -0.15) is 0 Å². The molecule has 25 heavy (non-hydrogen) atoms. The smallest absolute Gasteiger partial charge is 0.200 e. The summed E-state index contributed by atoms with van der Waals surface area (Å²) in [6.07, 6.45) is -2.18. The zero-order chi connectivity index (χ0) is 18.1. The van der Waals surface area contributed by atoms with E-state index in [0.717, 1.165) is 10.8 Å². The third-order valence-electron chi connectivity index (χ3n) is 3.65. The Bertz CT molecular complexity index is 999. The molecule has 1 N–H and O–H groups in total. The summed E-state index contributed by atoms with van der Waals surface area (Å²) in [6, 6.07) is 12.3. The zero-order valence-electron chi connectivity index (χ0n) is 12.5. The summed E-state index contributed by atoms with van der Waals surface area (Å²) in [5, 5.41) is 11.4. The van der Waals surface area contributed by atoms with Gasteiger partial charge in [0.25, 0.3) is 0 Å². The highest BCUT2D eigenvalue weighted by molar-refractivity contribution is 5.88. The first-order valence-corrected chi connectivity index (χ1v) is 7.10. The molecule has 3 rings (SSSR count). The van der Waals surface area contributed by atoms with Crippen molar-refractivity contribution in [2.75, 3.05) is 0 Å². The summed E-state index contributed by atoms with van der Waals surface area (Å²) in [4.78, 5) is 0. The van der Waals surface area contributed by atoms with Gasteiger partial charge in [0.15, 0.2) is 23.3 Å². The predicted molar refractivity (Wildman–Crippen MR) is 82.0 cm³/mol. The molecule has 0 unspecified atom stereocenters. The normalized spacial score (nSPS) is 11.9. The van der Waals surface area contributed by atoms with Gasteiger partial charge >= 0.3 is 0 Å². The molecule has 0 saturated carbocycles. The van der Waals surface area contributed by atoms with E-state index in [9.17, 15) is 27.1 Å². The molecular weight excluding hydrogens is 339 g/mol. The molecule has 0 saturated heterocycles. The molecule has 0 bridgehead atoms. The summed E-state index contributed by atoms with van der Waals surface area (Å²) in [5.74, 6) is -6.08. The summed E-state index contributed by atoms with van der Waals surface area (Å²) in [5.41, 5.74) is -0.926. The van der Waals surface area contributed by atoms with Crippen LogP contribution in [0.25, 0.3) is 10.8 Å². The topological polar surface area (TPSA) is 20.2 Å². The maximum Gasteiger partial charge on any atom is 0.200 e. The molecule has 0 amide bonds. The molecule has 0 heterocycles. The predicted octanol–water partition coefficient (Wildman–Crippen LogP) is 4.62. The van der Waals surface area contributed by atoms with Gasteiger partial charge in [-0.3, -0.25) is 0 Å². The van der Waals surface area contributed by atoms with Crippen molar-refractivity contribution in [2.45, 2.75) is 6.10 Å². The Balaban J connectivity index is 2.08. The first kappa shape index (κ1) is 16.9. The maximum absolute atomic E-state index is 13.7. The SMILES string of the molecule is O[C@@H](C#Cc1cccc2ccccc12)c1c(F)c(F)c(F)c(F)c1F. The van der Waals surface area contributed by atoms with Gasteiger partial charge < -0.3 is 5.11 Å². The van der Waals surface area contributed by atoms with Crippen molar-refractivity contribution < 1.29 is 27.1 Å². The van der Waals surface area contributed by atoms with E-state index in [1.807, 2.05) is 18.2 Å². The average molecular weight is 348 g/mol. The van der Waals surface area contributed by atoms with Crippen LogP contribution >= 0.6 is 0 Å². The van der Waals surface area contributed by atoms with Gasteiger partial charge in [-0.05, 0) is 16.8 Å². The Labute approximate surface area is 139 Å². The molecule has 1 atom stereocenters. The Morgan fingerprint density at radius 3 is 1.96 bits per heavy atom. The lowest BCUT2D eigenvalue weighted by atomic mass is 10.0. The second-order valence-corrected chi connectivity index (χ2v) is 5.18. The second-order valence-electron chi connectivity index (χ2n) is 5.18. The Morgan fingerprint density at radius 1 is 0.720 bits per heavy atom. The summed E-state index contributed by atoms with van der Waals surface area (Å²) in [7, 11) is 0. The van der Waals surface area contributed by atoms with Crippen LogP contribution in [0.5, 0.6) is 0 Å². The Morgan fingerprint density at radius 2 is 1.28 bits per heavy atom. The van der Waals surface area contributed by atoms with E-state index in [0.29, 0.717) is 5.56 Å². The lowest BCUT2D eigenvalue weighted by Crippen LogP contribution is -2.10. The van der Waals surface area contributed by atoms with E-state index in [2.05, 4.69) is 11.8 Å². The molecule has 0 aromatic heterocycles. The standard InChI is InChI=1S/C19H9F5O/c20-15-14(16(21)18(23)19(24)17(15)22)13(25)9-8-11-6-3-5-10-4-1-2-7-12(10)11/h1-7,13,25H/t13-/m0/s1. The highest BCUT2D eigenvalue weighted by atomic mass is 19.2. The first-order chi connectivity index (χ1) is 11.9. The van der Waals surface area contributed by atoms with Crippen molar-refractivity contribution in [2.24, 2.45) is 0 Å². The molecule has 126 valence electrons. The number of hydrogen-bond donors (Lipinski definition) is 1. The van der Waals surface area contributed by atoms with Crippen molar-refractivity contribution in [1.29, 1.82) is 0 Å². The van der Waals surface area contributed by atoms with Gasteiger partial charge in [-0.15, -0.1) is 0 Å². The molecular formula is C19H9F5O. The van der Waals surface area contributed by atoms with E-state index >= 15 is 0 Å². The number of aliphatic hydroxyl groups is 1. The first-order valence-electron chi connectivity index (χ1n) is 7.10. The van der Waals surface area contributed by atoms with Crippen LogP contribution < -0.4 is 0 Å². The van der Waals surface area contributed by atoms with E-state index in [4.69, 9.17) is 0 Å². The average Bonchev–Trinajstić information content (AvgIpc) is 2.63. The minimum Gasteiger partial charge on any atom is -0.376 e. The molecule has 0 radical (unpaired) electrons. The highest BCUT2D eigenvalue weighted by Gasteiger charge is 2.28. The van der Waals surface area contributed by atoms with Gasteiger partial charge in [0.1, 0.15) is 6.10 Å². The van der Waals surface area contributed by atoms with Crippen LogP contribution in [0.1, 0.15) is 17.2 Å². The van der Waals surface area contributed by atoms with Crippen LogP contribution in [-0.4, -0.2) is 5.11 Å². The van der Waals surface area contributed by atoms with E-state index < -0.39 is 40.8 Å². The molecule has 0 fully saturated rings. The number of hydrogen-bond acceptors (Lipinski definition) is 1. The zero-order valence-corrected chi connectivity index (χ0v) is 12.5. The number of aliphatic hydroxyl groups excluding tert-OH is 1. The molecule has 0 spiro atoms. The van der Waals surface area contributed by atoms with Crippen LogP contribution in [0, 0.1) is 40.9 Å². The molecule has 0 aliphatic rings. The van der Waals surface area contributed by atoms with Crippen LogP contribution in [0.3, 0.4) is 0 Å². The van der Waals surface area contributed by atoms with Gasteiger partial charge in [0.2, 0.25) is 5.82 Å². The van der Waals surface area contributed by atoms with Crippen molar-refractivity contribution in [3.63, 3.8) is 0 Å². The number of halogens is 5. The van der Waals surface area contributed by atoms with Crippen LogP contribution in [-0.2, 0) is 0 Å². The quantitative estimate of drug-likeness (QED) is 0.294. The minimum atomic E-state index is -2.28. The van der Waals surface area contributed by atoms with Crippen LogP contribution in [0.2, 0.25) is 0 Å². The van der Waals surface area contributed by atoms with E-state index in [1.165, 1.54) is 0 Å². The Hall–Kier alpha value is -2.91. The molecule has 3 aromatic rings. The van der Waals surface area contributed by atoms with Crippen molar-refractivity contribution in [3.8, 4) is 11.8 Å². The second kappa shape index (κ2) is 6.54. The largest absolute Gasteiger partial charge is 0.376 e. The van der Waals surface area contributed by atoms with Gasteiger partial charge in [-0.1, -0.05) is 48.2 Å². The molecule has 3 aromatic carbocycles. The fraction of sp³-hybridized carbons (Fsp3) is 0.0526. The highest BCUT2D eigenvalue weighted by Crippen LogP contribution is 2.27. The third kappa shape index (κ3) is 2.94. The summed E-state index contributed by atoms with van der Waals surface area (Å²) < 4.78 is 66.8. The fourth-order valence-corrected chi connectivity index (χ4v) is 2.41. The van der Waals surface area contributed by atoms with Gasteiger partial charge in [0.05, 0.1) is 5.56 Å². The fourth-order valence-electron chi connectivity index (χ4n) is 2.41. The molecule has 0 aliphatic carbocycles. The van der Waals surface area contributed by atoms with Crippen molar-refractivity contribution in [3.05, 3.63) is 82.7 Å². The monoisotopic (exact) mass is 348 g/mol. The van der Waals surface area contributed by atoms with Crippen LogP contribution in [0.15, 0.2) is 42.5 Å². The van der Waals surface area contributed by atoms with Crippen LogP contribution in [0.4, 0.5) is 22.0 Å². The molecule has 0 aliphatic heterocycles.